The van der Waals surface area contributed by atoms with Gasteiger partial charge in [-0.3, -0.25) is 4.79 Å². The summed E-state index contributed by atoms with van der Waals surface area (Å²) < 4.78 is 5.72. The van der Waals surface area contributed by atoms with Crippen molar-refractivity contribution >= 4 is 5.78 Å². The Balaban J connectivity index is 2.08. The third kappa shape index (κ3) is 2.03. The second-order valence-corrected chi connectivity index (χ2v) is 4.80. The average molecular weight is 252 g/mol. The predicted octanol–water partition coefficient (Wildman–Crippen LogP) is 3.61. The lowest BCUT2D eigenvalue weighted by Gasteiger charge is -2.20. The van der Waals surface area contributed by atoms with Gasteiger partial charge in [0.25, 0.3) is 0 Å². The van der Waals surface area contributed by atoms with Gasteiger partial charge in [-0.2, -0.15) is 0 Å². The molecular formula is C17H16O2. The monoisotopic (exact) mass is 252 g/mol. The quantitative estimate of drug-likeness (QED) is 0.711. The Hall–Kier alpha value is -2.09. The van der Waals surface area contributed by atoms with E-state index < -0.39 is 0 Å². The fraction of sp³-hybridized carbons (Fsp3) is 0.235. The number of carbonyl (C=O) groups is 1. The van der Waals surface area contributed by atoms with Crippen LogP contribution in [0.3, 0.4) is 0 Å². The zero-order valence-electron chi connectivity index (χ0n) is 11.0. The zero-order chi connectivity index (χ0) is 13.2. The Kier molecular flexibility index (Phi) is 3.08. The molecule has 3 rings (SSSR count). The number of rotatable bonds is 3. The van der Waals surface area contributed by atoms with E-state index in [1.807, 2.05) is 42.5 Å². The van der Waals surface area contributed by atoms with Crippen LogP contribution in [-0.4, -0.2) is 12.4 Å². The van der Waals surface area contributed by atoms with Crippen LogP contribution in [0.15, 0.2) is 42.5 Å². The highest BCUT2D eigenvalue weighted by Crippen LogP contribution is 2.33. The highest BCUT2D eigenvalue weighted by atomic mass is 16.5. The van der Waals surface area contributed by atoms with Crippen molar-refractivity contribution in [2.24, 2.45) is 0 Å². The summed E-state index contributed by atoms with van der Waals surface area (Å²) >= 11 is 0. The van der Waals surface area contributed by atoms with Crippen LogP contribution in [0.1, 0.15) is 40.4 Å². The zero-order valence-corrected chi connectivity index (χ0v) is 11.0. The molecule has 96 valence electrons. The third-order valence-corrected chi connectivity index (χ3v) is 3.44. The lowest BCUT2D eigenvalue weighted by molar-refractivity contribution is 0.103. The van der Waals surface area contributed by atoms with Gasteiger partial charge in [-0.05, 0) is 30.0 Å². The predicted molar refractivity (Wildman–Crippen MR) is 74.9 cm³/mol. The number of benzene rings is 2. The van der Waals surface area contributed by atoms with Gasteiger partial charge in [-0.25, -0.2) is 0 Å². The van der Waals surface area contributed by atoms with Crippen LogP contribution >= 0.6 is 0 Å². The summed E-state index contributed by atoms with van der Waals surface area (Å²) in [6, 6.07) is 13.7. The minimum absolute atomic E-state index is 0.0866. The van der Waals surface area contributed by atoms with Gasteiger partial charge in [0.05, 0.1) is 12.2 Å². The average Bonchev–Trinajstić information content (AvgIpc) is 2.45. The molecule has 2 heteroatoms. The summed E-state index contributed by atoms with van der Waals surface area (Å²) in [6.45, 7) is 2.71. The largest absolute Gasteiger partial charge is 0.493 e. The summed E-state index contributed by atoms with van der Waals surface area (Å²) in [5.74, 6) is 0.808. The summed E-state index contributed by atoms with van der Waals surface area (Å²) in [5, 5.41) is 0. The van der Waals surface area contributed by atoms with Gasteiger partial charge in [0.1, 0.15) is 5.75 Å². The number of ketones is 1. The second-order valence-electron chi connectivity index (χ2n) is 4.80. The van der Waals surface area contributed by atoms with Crippen molar-refractivity contribution in [3.8, 4) is 5.75 Å². The van der Waals surface area contributed by atoms with Gasteiger partial charge >= 0.3 is 0 Å². The van der Waals surface area contributed by atoms with Crippen LogP contribution in [0.25, 0.3) is 0 Å². The molecule has 2 aromatic rings. The van der Waals surface area contributed by atoms with E-state index in [4.69, 9.17) is 4.74 Å². The molecule has 2 nitrogen and oxygen atoms in total. The normalized spacial score (nSPS) is 12.8. The number of fused-ring (bicyclic) bond motifs is 2. The number of carbonyl (C=O) groups excluding carboxylic acids is 1. The van der Waals surface area contributed by atoms with E-state index >= 15 is 0 Å². The molecule has 0 atom stereocenters. The van der Waals surface area contributed by atoms with Crippen molar-refractivity contribution in [3.63, 3.8) is 0 Å². The lowest BCUT2D eigenvalue weighted by Crippen LogP contribution is -2.16. The summed E-state index contributed by atoms with van der Waals surface area (Å²) in [5.41, 5.74) is 3.72. The van der Waals surface area contributed by atoms with Gasteiger partial charge < -0.3 is 4.74 Å². The smallest absolute Gasteiger partial charge is 0.197 e. The number of hydrogen-bond donors (Lipinski definition) is 0. The van der Waals surface area contributed by atoms with E-state index in [9.17, 15) is 4.79 Å². The van der Waals surface area contributed by atoms with Crippen LogP contribution in [0.5, 0.6) is 5.75 Å². The number of hydrogen-bond acceptors (Lipinski definition) is 2. The Morgan fingerprint density at radius 3 is 2.68 bits per heavy atom. The minimum Gasteiger partial charge on any atom is -0.493 e. The van der Waals surface area contributed by atoms with E-state index in [0.717, 1.165) is 40.8 Å². The number of ether oxygens (including phenoxy) is 1. The Morgan fingerprint density at radius 2 is 1.84 bits per heavy atom. The molecule has 1 aliphatic rings. The first-order valence-corrected chi connectivity index (χ1v) is 6.68. The topological polar surface area (TPSA) is 26.3 Å². The van der Waals surface area contributed by atoms with Gasteiger partial charge in [-0.1, -0.05) is 43.3 Å². The van der Waals surface area contributed by atoms with Gasteiger partial charge in [0, 0.05) is 5.56 Å². The maximum absolute atomic E-state index is 12.6. The Bertz CT molecular complexity index is 629. The highest BCUT2D eigenvalue weighted by Gasteiger charge is 2.25. The van der Waals surface area contributed by atoms with Crippen LogP contribution in [0.4, 0.5) is 0 Å². The van der Waals surface area contributed by atoms with E-state index in [1.165, 1.54) is 0 Å². The molecule has 2 aromatic carbocycles. The third-order valence-electron chi connectivity index (χ3n) is 3.44. The molecule has 19 heavy (non-hydrogen) atoms. The first kappa shape index (κ1) is 12.0. The second kappa shape index (κ2) is 4.88. The molecule has 0 radical (unpaired) electrons. The SMILES string of the molecule is CCCOc1cccc2c1C(=O)c1ccccc1C2. The molecule has 0 saturated carbocycles. The molecule has 0 fully saturated rings. The molecule has 0 aromatic heterocycles. The van der Waals surface area contributed by atoms with Crippen molar-refractivity contribution < 1.29 is 9.53 Å². The minimum atomic E-state index is 0.0866. The maximum atomic E-state index is 12.6. The maximum Gasteiger partial charge on any atom is 0.197 e. The van der Waals surface area contributed by atoms with Crippen LogP contribution in [0.2, 0.25) is 0 Å². The van der Waals surface area contributed by atoms with Gasteiger partial charge in [0.2, 0.25) is 0 Å². The van der Waals surface area contributed by atoms with Crippen molar-refractivity contribution in [1.29, 1.82) is 0 Å². The van der Waals surface area contributed by atoms with Crippen LogP contribution in [0, 0.1) is 0 Å². The Labute approximate surface area is 113 Å². The van der Waals surface area contributed by atoms with E-state index in [1.54, 1.807) is 0 Å². The van der Waals surface area contributed by atoms with Crippen molar-refractivity contribution in [1.82, 2.24) is 0 Å². The standard InChI is InChI=1S/C17H16O2/c1-2-10-19-15-9-5-7-13-11-12-6-3-4-8-14(12)17(18)16(13)15/h3-9H,2,10-11H2,1H3. The molecule has 0 spiro atoms. The van der Waals surface area contributed by atoms with Gasteiger partial charge in [0.15, 0.2) is 5.78 Å². The first-order chi connectivity index (χ1) is 9.31. The molecule has 0 saturated heterocycles. The molecular weight excluding hydrogens is 236 g/mol. The van der Waals surface area contributed by atoms with E-state index in [2.05, 4.69) is 6.92 Å². The molecule has 1 aliphatic carbocycles. The van der Waals surface area contributed by atoms with Crippen molar-refractivity contribution in [3.05, 3.63) is 64.7 Å². The van der Waals surface area contributed by atoms with Crippen molar-refractivity contribution in [2.75, 3.05) is 6.61 Å². The summed E-state index contributed by atoms with van der Waals surface area (Å²) in [4.78, 5) is 12.6. The first-order valence-electron chi connectivity index (χ1n) is 6.68. The molecule has 0 amide bonds. The van der Waals surface area contributed by atoms with Crippen molar-refractivity contribution in [2.45, 2.75) is 19.8 Å². The molecule has 0 N–H and O–H groups in total. The molecule has 0 unspecified atom stereocenters. The Morgan fingerprint density at radius 1 is 1.05 bits per heavy atom. The molecule has 0 heterocycles. The lowest BCUT2D eigenvalue weighted by atomic mass is 9.84. The fourth-order valence-corrected chi connectivity index (χ4v) is 2.55. The summed E-state index contributed by atoms with van der Waals surface area (Å²) in [6.07, 6.45) is 1.75. The molecule has 0 aliphatic heterocycles. The van der Waals surface area contributed by atoms with E-state index in [-0.39, 0.29) is 5.78 Å². The summed E-state index contributed by atoms with van der Waals surface area (Å²) in [7, 11) is 0. The molecule has 0 bridgehead atoms. The van der Waals surface area contributed by atoms with Crippen LogP contribution in [-0.2, 0) is 6.42 Å². The van der Waals surface area contributed by atoms with Crippen LogP contribution < -0.4 is 4.74 Å². The highest BCUT2D eigenvalue weighted by molar-refractivity contribution is 6.14. The van der Waals surface area contributed by atoms with E-state index in [0.29, 0.717) is 6.61 Å². The van der Waals surface area contributed by atoms with Gasteiger partial charge in [-0.15, -0.1) is 0 Å². The fourth-order valence-electron chi connectivity index (χ4n) is 2.55.